The van der Waals surface area contributed by atoms with E-state index in [9.17, 15) is 0 Å². The Morgan fingerprint density at radius 3 is 3.42 bits per heavy atom. The van der Waals surface area contributed by atoms with Crippen molar-refractivity contribution in [1.29, 1.82) is 0 Å². The van der Waals surface area contributed by atoms with E-state index >= 15 is 0 Å². The number of thioether (sulfide) groups is 1. The van der Waals surface area contributed by atoms with Crippen LogP contribution >= 0.6 is 11.8 Å². The van der Waals surface area contributed by atoms with Gasteiger partial charge in [0.2, 0.25) is 0 Å². The van der Waals surface area contributed by atoms with Crippen LogP contribution in [0.15, 0.2) is 12.5 Å². The molecule has 0 amide bonds. The van der Waals surface area contributed by atoms with Crippen LogP contribution in [0.2, 0.25) is 0 Å². The van der Waals surface area contributed by atoms with Gasteiger partial charge >= 0.3 is 0 Å². The van der Waals surface area contributed by atoms with Crippen LogP contribution in [0.4, 0.5) is 0 Å². The minimum atomic E-state index is 0.465. The minimum Gasteiger partial charge on any atom is -0.333 e. The molecule has 1 aliphatic rings. The number of hydrogen-bond acceptors (Lipinski definition) is 3. The third-order valence-corrected chi connectivity index (χ3v) is 3.25. The molecule has 2 heterocycles. The summed E-state index contributed by atoms with van der Waals surface area (Å²) in [5.74, 6) is 1.21. The van der Waals surface area contributed by atoms with Crippen molar-refractivity contribution in [2.75, 3.05) is 12.3 Å². The summed E-state index contributed by atoms with van der Waals surface area (Å²) >= 11 is 1.96. The first-order valence-corrected chi connectivity index (χ1v) is 5.31. The molecular formula is C8H13N3S. The fraction of sp³-hybridized carbons (Fsp3) is 0.625. The molecule has 1 atom stereocenters. The molecule has 2 rings (SSSR count). The van der Waals surface area contributed by atoms with Crippen molar-refractivity contribution in [3.63, 3.8) is 0 Å². The van der Waals surface area contributed by atoms with Crippen LogP contribution in [0.1, 0.15) is 18.0 Å². The maximum absolute atomic E-state index is 4.15. The molecule has 1 saturated heterocycles. The summed E-state index contributed by atoms with van der Waals surface area (Å²) in [4.78, 5) is 4.15. The summed E-state index contributed by atoms with van der Waals surface area (Å²) in [6.45, 7) is 4.27. The molecule has 12 heavy (non-hydrogen) atoms. The molecule has 0 aliphatic carbocycles. The van der Waals surface area contributed by atoms with Gasteiger partial charge in [-0.05, 0) is 6.92 Å². The summed E-state index contributed by atoms with van der Waals surface area (Å²) < 4.78 is 2.19. The van der Waals surface area contributed by atoms with Gasteiger partial charge in [-0.2, -0.15) is 0 Å². The van der Waals surface area contributed by atoms with Crippen LogP contribution in [-0.2, 0) is 6.54 Å². The average molecular weight is 183 g/mol. The second kappa shape index (κ2) is 3.49. The molecule has 1 N–H and O–H groups in total. The lowest BCUT2D eigenvalue weighted by molar-refractivity contribution is 0.654. The molecule has 0 saturated carbocycles. The van der Waals surface area contributed by atoms with E-state index in [-0.39, 0.29) is 0 Å². The summed E-state index contributed by atoms with van der Waals surface area (Å²) in [6, 6.07) is 0. The molecule has 1 aromatic rings. The van der Waals surface area contributed by atoms with E-state index in [1.54, 1.807) is 0 Å². The summed E-state index contributed by atoms with van der Waals surface area (Å²) in [5, 5.41) is 3.90. The zero-order chi connectivity index (χ0) is 8.39. The van der Waals surface area contributed by atoms with Gasteiger partial charge in [-0.1, -0.05) is 0 Å². The van der Waals surface area contributed by atoms with Crippen molar-refractivity contribution in [3.05, 3.63) is 18.2 Å². The molecule has 0 bridgehead atoms. The zero-order valence-corrected chi connectivity index (χ0v) is 7.97. The van der Waals surface area contributed by atoms with Crippen molar-refractivity contribution in [2.45, 2.75) is 18.8 Å². The molecular weight excluding hydrogens is 170 g/mol. The molecule has 3 nitrogen and oxygen atoms in total. The molecule has 66 valence electrons. The number of aromatic nitrogens is 2. The third-order valence-electron chi connectivity index (χ3n) is 2.07. The molecule has 1 aliphatic heterocycles. The summed E-state index contributed by atoms with van der Waals surface area (Å²) in [7, 11) is 0. The quantitative estimate of drug-likeness (QED) is 0.748. The number of nitrogens with zero attached hydrogens (tertiary/aromatic N) is 2. The lowest BCUT2D eigenvalue weighted by Gasteiger charge is -2.10. The molecule has 0 radical (unpaired) electrons. The molecule has 0 aromatic carbocycles. The maximum Gasteiger partial charge on any atom is 0.0958 e. The van der Waals surface area contributed by atoms with Crippen LogP contribution < -0.4 is 5.32 Å². The zero-order valence-electron chi connectivity index (χ0n) is 7.16. The first-order chi connectivity index (χ1) is 5.92. The third kappa shape index (κ3) is 1.36. The standard InChI is InChI=1S/C8H13N3S/c1-2-11-6-9-5-7(11)8-10-3-4-12-8/h5-6,8,10H,2-4H2,1H3. The smallest absolute Gasteiger partial charge is 0.0958 e. The Morgan fingerprint density at radius 2 is 2.75 bits per heavy atom. The van der Waals surface area contributed by atoms with Crippen molar-refractivity contribution >= 4 is 11.8 Å². The monoisotopic (exact) mass is 183 g/mol. The Morgan fingerprint density at radius 1 is 1.83 bits per heavy atom. The van der Waals surface area contributed by atoms with Crippen LogP contribution in [0, 0.1) is 0 Å². The molecule has 1 aromatic heterocycles. The van der Waals surface area contributed by atoms with E-state index in [2.05, 4.69) is 21.8 Å². The molecule has 0 spiro atoms. The van der Waals surface area contributed by atoms with Gasteiger partial charge in [0.15, 0.2) is 0 Å². The highest BCUT2D eigenvalue weighted by molar-refractivity contribution is 7.99. The van der Waals surface area contributed by atoms with E-state index in [1.165, 1.54) is 11.4 Å². The van der Waals surface area contributed by atoms with Gasteiger partial charge in [-0.15, -0.1) is 11.8 Å². The normalized spacial score (nSPS) is 23.2. The Kier molecular flexibility index (Phi) is 2.37. The van der Waals surface area contributed by atoms with E-state index in [0.717, 1.165) is 13.1 Å². The predicted octanol–water partition coefficient (Wildman–Crippen LogP) is 1.24. The molecule has 4 heteroatoms. The Labute approximate surface area is 76.6 Å². The summed E-state index contributed by atoms with van der Waals surface area (Å²) in [6.07, 6.45) is 3.86. The fourth-order valence-electron chi connectivity index (χ4n) is 1.43. The van der Waals surface area contributed by atoms with E-state index < -0.39 is 0 Å². The maximum atomic E-state index is 4.15. The van der Waals surface area contributed by atoms with Gasteiger partial charge in [-0.25, -0.2) is 4.98 Å². The van der Waals surface area contributed by atoms with Gasteiger partial charge < -0.3 is 4.57 Å². The lowest BCUT2D eigenvalue weighted by atomic mass is 10.4. The largest absolute Gasteiger partial charge is 0.333 e. The van der Waals surface area contributed by atoms with Gasteiger partial charge in [0.25, 0.3) is 0 Å². The lowest BCUT2D eigenvalue weighted by Crippen LogP contribution is -2.15. The highest BCUT2D eigenvalue weighted by atomic mass is 32.2. The highest BCUT2D eigenvalue weighted by Crippen LogP contribution is 2.29. The van der Waals surface area contributed by atoms with Gasteiger partial charge in [0, 0.05) is 18.8 Å². The van der Waals surface area contributed by atoms with E-state index in [4.69, 9.17) is 0 Å². The van der Waals surface area contributed by atoms with Crippen molar-refractivity contribution in [2.24, 2.45) is 0 Å². The van der Waals surface area contributed by atoms with Gasteiger partial charge in [0.1, 0.15) is 0 Å². The Hall–Kier alpha value is -0.480. The number of aryl methyl sites for hydroxylation is 1. The van der Waals surface area contributed by atoms with Crippen molar-refractivity contribution in [3.8, 4) is 0 Å². The second-order valence-corrected chi connectivity index (χ2v) is 4.02. The SMILES string of the molecule is CCn1cncc1C1NCCS1. The number of imidazole rings is 1. The Balaban J connectivity index is 2.19. The second-order valence-electron chi connectivity index (χ2n) is 2.81. The van der Waals surface area contributed by atoms with Crippen LogP contribution in [0.5, 0.6) is 0 Å². The van der Waals surface area contributed by atoms with Crippen LogP contribution in [0.3, 0.4) is 0 Å². The summed E-state index contributed by atoms with van der Waals surface area (Å²) in [5.41, 5.74) is 1.31. The fourth-order valence-corrected chi connectivity index (χ4v) is 2.50. The van der Waals surface area contributed by atoms with E-state index in [0.29, 0.717) is 5.37 Å². The highest BCUT2D eigenvalue weighted by Gasteiger charge is 2.19. The topological polar surface area (TPSA) is 29.9 Å². The number of rotatable bonds is 2. The Bertz CT molecular complexity index is 253. The van der Waals surface area contributed by atoms with Crippen molar-refractivity contribution < 1.29 is 0 Å². The van der Waals surface area contributed by atoms with Gasteiger partial charge in [0.05, 0.1) is 23.6 Å². The first-order valence-electron chi connectivity index (χ1n) is 4.27. The van der Waals surface area contributed by atoms with Crippen LogP contribution in [0.25, 0.3) is 0 Å². The average Bonchev–Trinajstić information content (AvgIpc) is 2.74. The van der Waals surface area contributed by atoms with Crippen LogP contribution in [-0.4, -0.2) is 21.8 Å². The molecule has 1 fully saturated rings. The van der Waals surface area contributed by atoms with Gasteiger partial charge in [-0.3, -0.25) is 5.32 Å². The predicted molar refractivity (Wildman–Crippen MR) is 51.1 cm³/mol. The first kappa shape index (κ1) is 8.13. The minimum absolute atomic E-state index is 0.465. The molecule has 1 unspecified atom stereocenters. The number of nitrogens with one attached hydrogen (secondary N) is 1. The number of hydrogen-bond donors (Lipinski definition) is 1. The van der Waals surface area contributed by atoms with E-state index in [1.807, 2.05) is 24.3 Å². The van der Waals surface area contributed by atoms with Crippen molar-refractivity contribution in [1.82, 2.24) is 14.9 Å².